The molecule has 1 heterocycles. The Kier molecular flexibility index (Phi) is 3.16. The fourth-order valence-corrected chi connectivity index (χ4v) is 2.73. The lowest BCUT2D eigenvalue weighted by Gasteiger charge is -2.36. The van der Waals surface area contributed by atoms with E-state index in [0.717, 1.165) is 5.92 Å². The van der Waals surface area contributed by atoms with Gasteiger partial charge < -0.3 is 0 Å². The molecule has 1 unspecified atom stereocenters. The fraction of sp³-hybridized carbons (Fsp3) is 1.00. The minimum absolute atomic E-state index is 0.517. The van der Waals surface area contributed by atoms with Crippen LogP contribution in [-0.2, 0) is 0 Å². The Morgan fingerprint density at radius 2 is 2.08 bits per heavy atom. The maximum absolute atomic E-state index is 2.65. The van der Waals surface area contributed by atoms with Gasteiger partial charge in [-0.3, -0.25) is 4.90 Å². The molecular weight excluding hydrogens is 146 g/mol. The largest absolute Gasteiger partial charge is 0.298 e. The third-order valence-electron chi connectivity index (χ3n) is 3.14. The van der Waals surface area contributed by atoms with E-state index in [-0.39, 0.29) is 0 Å². The molecule has 0 aromatic heterocycles. The molecule has 1 heteroatoms. The molecule has 1 saturated heterocycles. The second kappa shape index (κ2) is 3.78. The van der Waals surface area contributed by atoms with Crippen LogP contribution in [0, 0.1) is 5.92 Å². The van der Waals surface area contributed by atoms with Crippen molar-refractivity contribution in [2.45, 2.75) is 52.5 Å². The smallest absolute Gasteiger partial charge is 0.0184 e. The zero-order valence-electron chi connectivity index (χ0n) is 9.06. The average molecular weight is 169 g/mol. The molecule has 0 spiro atoms. The van der Waals surface area contributed by atoms with Crippen LogP contribution in [0.5, 0.6) is 0 Å². The van der Waals surface area contributed by atoms with E-state index in [4.69, 9.17) is 0 Å². The molecule has 1 aliphatic rings. The molecule has 72 valence electrons. The summed E-state index contributed by atoms with van der Waals surface area (Å²) in [5.41, 5.74) is 0.517. The first-order chi connectivity index (χ1) is 5.58. The van der Waals surface area contributed by atoms with E-state index in [9.17, 15) is 0 Å². The Balaban J connectivity index is 2.55. The molecule has 0 aliphatic carbocycles. The van der Waals surface area contributed by atoms with Crippen molar-refractivity contribution in [3.8, 4) is 0 Å². The average Bonchev–Trinajstić information content (AvgIpc) is 2.28. The lowest BCUT2D eigenvalue weighted by atomic mass is 9.88. The maximum Gasteiger partial charge on any atom is 0.0184 e. The van der Waals surface area contributed by atoms with Crippen molar-refractivity contribution in [2.75, 3.05) is 13.1 Å². The summed E-state index contributed by atoms with van der Waals surface area (Å²) in [6.07, 6.45) is 4.16. The van der Waals surface area contributed by atoms with E-state index in [1.807, 2.05) is 0 Å². The predicted octanol–water partition coefficient (Wildman–Crippen LogP) is 2.91. The van der Waals surface area contributed by atoms with Gasteiger partial charge in [-0.1, -0.05) is 20.8 Å². The van der Waals surface area contributed by atoms with Crippen LogP contribution in [0.25, 0.3) is 0 Å². The number of nitrogens with zero attached hydrogens (tertiary/aromatic N) is 1. The van der Waals surface area contributed by atoms with E-state index < -0.39 is 0 Å². The summed E-state index contributed by atoms with van der Waals surface area (Å²) in [6, 6.07) is 0. The third kappa shape index (κ3) is 2.01. The second-order valence-corrected chi connectivity index (χ2v) is 4.78. The molecule has 0 amide bonds. The van der Waals surface area contributed by atoms with Crippen LogP contribution in [0.4, 0.5) is 0 Å². The third-order valence-corrected chi connectivity index (χ3v) is 3.14. The molecule has 0 aromatic carbocycles. The quantitative estimate of drug-likeness (QED) is 0.628. The Labute approximate surface area is 77.1 Å². The van der Waals surface area contributed by atoms with Crippen LogP contribution in [0.3, 0.4) is 0 Å². The fourth-order valence-electron chi connectivity index (χ4n) is 2.73. The van der Waals surface area contributed by atoms with Gasteiger partial charge >= 0.3 is 0 Å². The molecule has 1 nitrogen and oxygen atoms in total. The van der Waals surface area contributed by atoms with E-state index in [0.29, 0.717) is 5.54 Å². The van der Waals surface area contributed by atoms with Crippen molar-refractivity contribution in [2.24, 2.45) is 5.92 Å². The molecule has 1 atom stereocenters. The number of likely N-dealkylation sites (tertiary alicyclic amines) is 1. The topological polar surface area (TPSA) is 3.24 Å². The van der Waals surface area contributed by atoms with Crippen LogP contribution in [0.1, 0.15) is 47.0 Å². The van der Waals surface area contributed by atoms with Gasteiger partial charge in [0.05, 0.1) is 0 Å². The summed E-state index contributed by atoms with van der Waals surface area (Å²) in [4.78, 5) is 2.65. The van der Waals surface area contributed by atoms with Gasteiger partial charge in [-0.15, -0.1) is 0 Å². The first-order valence-corrected chi connectivity index (χ1v) is 5.33. The van der Waals surface area contributed by atoms with Crippen molar-refractivity contribution in [1.82, 2.24) is 4.90 Å². The lowest BCUT2D eigenvalue weighted by molar-refractivity contribution is 0.137. The molecule has 0 aromatic rings. The number of hydrogen-bond acceptors (Lipinski definition) is 1. The van der Waals surface area contributed by atoms with Gasteiger partial charge in [-0.2, -0.15) is 0 Å². The molecule has 1 fully saturated rings. The SMILES string of the molecule is CCN1CCCC1(C)CC(C)C. The van der Waals surface area contributed by atoms with E-state index in [2.05, 4.69) is 32.6 Å². The molecule has 0 bridgehead atoms. The highest BCUT2D eigenvalue weighted by Gasteiger charge is 2.35. The van der Waals surface area contributed by atoms with E-state index in [1.54, 1.807) is 0 Å². The van der Waals surface area contributed by atoms with Crippen LogP contribution >= 0.6 is 0 Å². The Morgan fingerprint density at radius 3 is 2.58 bits per heavy atom. The zero-order valence-corrected chi connectivity index (χ0v) is 9.06. The van der Waals surface area contributed by atoms with Crippen LogP contribution in [-0.4, -0.2) is 23.5 Å². The minimum Gasteiger partial charge on any atom is -0.298 e. The van der Waals surface area contributed by atoms with E-state index in [1.165, 1.54) is 32.4 Å². The molecule has 0 saturated carbocycles. The Morgan fingerprint density at radius 1 is 1.42 bits per heavy atom. The first kappa shape index (κ1) is 10.0. The van der Waals surface area contributed by atoms with Gasteiger partial charge in [0.25, 0.3) is 0 Å². The highest BCUT2D eigenvalue weighted by Crippen LogP contribution is 2.33. The summed E-state index contributed by atoms with van der Waals surface area (Å²) >= 11 is 0. The normalized spacial score (nSPS) is 31.8. The molecular formula is C11H23N. The first-order valence-electron chi connectivity index (χ1n) is 5.33. The molecule has 1 aliphatic heterocycles. The number of rotatable bonds is 3. The Hall–Kier alpha value is -0.0400. The van der Waals surface area contributed by atoms with Gasteiger partial charge in [0.15, 0.2) is 0 Å². The van der Waals surface area contributed by atoms with Crippen molar-refractivity contribution < 1.29 is 0 Å². The van der Waals surface area contributed by atoms with Crippen molar-refractivity contribution >= 4 is 0 Å². The Bertz CT molecular complexity index is 142. The van der Waals surface area contributed by atoms with Crippen molar-refractivity contribution in [3.63, 3.8) is 0 Å². The van der Waals surface area contributed by atoms with Gasteiger partial charge in [0, 0.05) is 5.54 Å². The minimum atomic E-state index is 0.517. The molecule has 1 rings (SSSR count). The van der Waals surface area contributed by atoms with Gasteiger partial charge in [-0.05, 0) is 45.2 Å². The summed E-state index contributed by atoms with van der Waals surface area (Å²) in [5, 5.41) is 0. The maximum atomic E-state index is 2.65. The van der Waals surface area contributed by atoms with Crippen LogP contribution in [0.2, 0.25) is 0 Å². The summed E-state index contributed by atoms with van der Waals surface area (Å²) in [5.74, 6) is 0.835. The van der Waals surface area contributed by atoms with Gasteiger partial charge in [-0.25, -0.2) is 0 Å². The molecule has 12 heavy (non-hydrogen) atoms. The zero-order chi connectivity index (χ0) is 9.19. The van der Waals surface area contributed by atoms with Gasteiger partial charge in [0.2, 0.25) is 0 Å². The highest BCUT2D eigenvalue weighted by molar-refractivity contribution is 4.91. The number of hydrogen-bond donors (Lipinski definition) is 0. The van der Waals surface area contributed by atoms with Crippen LogP contribution in [0.15, 0.2) is 0 Å². The lowest BCUT2D eigenvalue weighted by Crippen LogP contribution is -2.41. The summed E-state index contributed by atoms with van der Waals surface area (Å²) in [6.45, 7) is 11.9. The van der Waals surface area contributed by atoms with E-state index >= 15 is 0 Å². The van der Waals surface area contributed by atoms with Crippen molar-refractivity contribution in [3.05, 3.63) is 0 Å². The monoisotopic (exact) mass is 169 g/mol. The van der Waals surface area contributed by atoms with Gasteiger partial charge in [0.1, 0.15) is 0 Å². The molecule has 0 radical (unpaired) electrons. The summed E-state index contributed by atoms with van der Waals surface area (Å²) in [7, 11) is 0. The second-order valence-electron chi connectivity index (χ2n) is 4.78. The van der Waals surface area contributed by atoms with Crippen molar-refractivity contribution in [1.29, 1.82) is 0 Å². The molecule has 0 N–H and O–H groups in total. The predicted molar refractivity (Wildman–Crippen MR) is 54.3 cm³/mol. The van der Waals surface area contributed by atoms with Crippen LogP contribution < -0.4 is 0 Å². The summed E-state index contributed by atoms with van der Waals surface area (Å²) < 4.78 is 0. The highest BCUT2D eigenvalue weighted by atomic mass is 15.2. The standard InChI is InChI=1S/C11H23N/c1-5-12-8-6-7-11(12,4)9-10(2)3/h10H,5-9H2,1-4H3.